The van der Waals surface area contributed by atoms with Gasteiger partial charge in [0, 0.05) is 11.4 Å². The molecule has 0 fully saturated rings. The molecule has 134 valence electrons. The van der Waals surface area contributed by atoms with Crippen molar-refractivity contribution in [2.45, 2.75) is 19.8 Å². The molecule has 2 rings (SSSR count). The van der Waals surface area contributed by atoms with Crippen molar-refractivity contribution in [3.05, 3.63) is 47.4 Å². The van der Waals surface area contributed by atoms with Crippen LogP contribution in [0.1, 0.15) is 25.3 Å². The lowest BCUT2D eigenvalue weighted by Crippen LogP contribution is -2.32. The molecule has 2 N–H and O–H groups in total. The van der Waals surface area contributed by atoms with Gasteiger partial charge in [-0.05, 0) is 76.7 Å². The number of nitrogens with one attached hydrogen (secondary N) is 1. The first-order valence-corrected chi connectivity index (χ1v) is 9.41. The second-order valence-electron chi connectivity index (χ2n) is 5.45. The Morgan fingerprint density at radius 3 is 1.76 bits per heavy atom. The Hall–Kier alpha value is -1.30. The van der Waals surface area contributed by atoms with Crippen molar-refractivity contribution in [1.82, 2.24) is 5.32 Å². The molecule has 1 heterocycles. The summed E-state index contributed by atoms with van der Waals surface area (Å²) >= 11 is 4.03. The van der Waals surface area contributed by atoms with Crippen LogP contribution in [0.4, 0.5) is 0 Å². The number of hydrogen-bond acceptors (Lipinski definition) is 6. The zero-order chi connectivity index (χ0) is 18.9. The van der Waals surface area contributed by atoms with E-state index < -0.39 is 17.9 Å². The molecule has 0 aliphatic carbocycles. The summed E-state index contributed by atoms with van der Waals surface area (Å²) in [5.74, 6) is -1.53. The minimum Gasteiger partial charge on any atom is -0.506 e. The molecule has 1 aromatic rings. The zero-order valence-electron chi connectivity index (χ0n) is 14.1. The quantitative estimate of drug-likeness (QED) is 0.430. The summed E-state index contributed by atoms with van der Waals surface area (Å²) in [6, 6.07) is 3.50. The third-order valence-electron chi connectivity index (χ3n) is 3.94. The number of aromatic hydroxyl groups is 1. The van der Waals surface area contributed by atoms with Gasteiger partial charge in [-0.3, -0.25) is 0 Å². The lowest BCUT2D eigenvalue weighted by Gasteiger charge is -2.30. The van der Waals surface area contributed by atoms with Gasteiger partial charge < -0.3 is 19.9 Å². The molecule has 1 aromatic carbocycles. The highest BCUT2D eigenvalue weighted by molar-refractivity contribution is 14.1. The van der Waals surface area contributed by atoms with Crippen molar-refractivity contribution in [2.75, 3.05) is 14.2 Å². The molecule has 6 nitrogen and oxygen atoms in total. The highest BCUT2D eigenvalue weighted by Gasteiger charge is 2.38. The van der Waals surface area contributed by atoms with E-state index in [-0.39, 0.29) is 5.75 Å². The van der Waals surface area contributed by atoms with Gasteiger partial charge in [-0.25, -0.2) is 9.59 Å². The minimum atomic E-state index is -0.649. The van der Waals surface area contributed by atoms with E-state index >= 15 is 0 Å². The number of benzene rings is 1. The normalized spacial score (nSPS) is 15.1. The van der Waals surface area contributed by atoms with Gasteiger partial charge in [0.2, 0.25) is 0 Å². The number of rotatable bonds is 3. The van der Waals surface area contributed by atoms with Crippen LogP contribution in [0.25, 0.3) is 0 Å². The smallest absolute Gasteiger partial charge is 0.336 e. The molecule has 25 heavy (non-hydrogen) atoms. The van der Waals surface area contributed by atoms with Crippen LogP contribution in [0.5, 0.6) is 5.75 Å². The van der Waals surface area contributed by atoms with E-state index in [2.05, 4.69) is 5.32 Å². The average molecular weight is 569 g/mol. The molecule has 0 aromatic heterocycles. The van der Waals surface area contributed by atoms with Crippen LogP contribution in [0, 0.1) is 7.14 Å². The van der Waals surface area contributed by atoms with Gasteiger partial charge in [-0.15, -0.1) is 0 Å². The maximum atomic E-state index is 12.4. The van der Waals surface area contributed by atoms with Gasteiger partial charge in [-0.1, -0.05) is 0 Å². The van der Waals surface area contributed by atoms with E-state index in [1.807, 2.05) is 45.2 Å². The van der Waals surface area contributed by atoms with Crippen molar-refractivity contribution in [1.29, 1.82) is 0 Å². The molecule has 0 radical (unpaired) electrons. The Bertz CT molecular complexity index is 752. The lowest BCUT2D eigenvalue weighted by atomic mass is 9.80. The van der Waals surface area contributed by atoms with Crippen molar-refractivity contribution < 1.29 is 24.2 Å². The van der Waals surface area contributed by atoms with Crippen LogP contribution in [-0.2, 0) is 19.1 Å². The molecule has 0 bridgehead atoms. The Morgan fingerprint density at radius 1 is 1.00 bits per heavy atom. The molecule has 0 saturated heterocycles. The highest BCUT2D eigenvalue weighted by Crippen LogP contribution is 2.41. The van der Waals surface area contributed by atoms with Gasteiger partial charge >= 0.3 is 11.9 Å². The van der Waals surface area contributed by atoms with Crippen molar-refractivity contribution in [3.63, 3.8) is 0 Å². The molecular weight excluding hydrogens is 552 g/mol. The fourth-order valence-electron chi connectivity index (χ4n) is 2.84. The summed E-state index contributed by atoms with van der Waals surface area (Å²) in [6.45, 7) is 3.51. The average Bonchev–Trinajstić information content (AvgIpc) is 2.57. The molecule has 0 spiro atoms. The second kappa shape index (κ2) is 7.94. The Kier molecular flexibility index (Phi) is 6.35. The zero-order valence-corrected chi connectivity index (χ0v) is 18.4. The molecule has 1 aliphatic rings. The summed E-state index contributed by atoms with van der Waals surface area (Å²) in [4.78, 5) is 24.8. The molecule has 0 atom stereocenters. The Morgan fingerprint density at radius 2 is 1.40 bits per heavy atom. The standard InChI is InChI=1S/C17H17I2NO5/c1-7-12(16(22)24-3)14(13(8(2)20-7)17(23)25-4)9-5-10(18)15(21)11(19)6-9/h5-6,14,20-21H,1-4H3. The summed E-state index contributed by atoms with van der Waals surface area (Å²) in [5, 5.41) is 13.1. The Balaban J connectivity index is 2.77. The predicted molar refractivity (Wildman–Crippen MR) is 109 cm³/mol. The van der Waals surface area contributed by atoms with E-state index in [0.717, 1.165) is 0 Å². The summed E-state index contributed by atoms with van der Waals surface area (Å²) in [7, 11) is 2.60. The predicted octanol–water partition coefficient (Wildman–Crippen LogP) is 3.18. The second-order valence-corrected chi connectivity index (χ2v) is 7.78. The van der Waals surface area contributed by atoms with Crippen LogP contribution < -0.4 is 5.32 Å². The highest BCUT2D eigenvalue weighted by atomic mass is 127. The van der Waals surface area contributed by atoms with Gasteiger partial charge in [-0.2, -0.15) is 0 Å². The third-order valence-corrected chi connectivity index (χ3v) is 5.59. The monoisotopic (exact) mass is 569 g/mol. The maximum absolute atomic E-state index is 12.4. The van der Waals surface area contributed by atoms with Crippen molar-refractivity contribution in [3.8, 4) is 5.75 Å². The van der Waals surface area contributed by atoms with Gasteiger partial charge in [0.05, 0.1) is 38.4 Å². The van der Waals surface area contributed by atoms with E-state index in [0.29, 0.717) is 35.2 Å². The van der Waals surface area contributed by atoms with Crippen LogP contribution in [0.15, 0.2) is 34.7 Å². The van der Waals surface area contributed by atoms with Gasteiger partial charge in [0.15, 0.2) is 0 Å². The summed E-state index contributed by atoms with van der Waals surface area (Å²) in [6.07, 6.45) is 0. The largest absolute Gasteiger partial charge is 0.506 e. The number of halogens is 2. The molecule has 0 saturated carbocycles. The number of allylic oxidation sites excluding steroid dienone is 2. The van der Waals surface area contributed by atoms with Crippen LogP contribution in [0.3, 0.4) is 0 Å². The number of phenolic OH excluding ortho intramolecular Hbond substituents is 1. The molecule has 0 unspecified atom stereocenters. The van der Waals surface area contributed by atoms with Crippen LogP contribution in [0.2, 0.25) is 0 Å². The number of ether oxygens (including phenoxy) is 2. The van der Waals surface area contributed by atoms with Gasteiger partial charge in [0.25, 0.3) is 0 Å². The number of carbonyl (C=O) groups is 2. The first-order valence-electron chi connectivity index (χ1n) is 7.26. The number of dihydropyridines is 1. The number of phenols is 1. The third kappa shape index (κ3) is 3.78. The number of esters is 2. The fraction of sp³-hybridized carbons (Fsp3) is 0.294. The topological polar surface area (TPSA) is 84.9 Å². The van der Waals surface area contributed by atoms with Crippen LogP contribution >= 0.6 is 45.2 Å². The number of hydrogen-bond donors (Lipinski definition) is 2. The molecule has 8 heteroatoms. The first-order chi connectivity index (χ1) is 11.7. The van der Waals surface area contributed by atoms with E-state index in [1.54, 1.807) is 26.0 Å². The van der Waals surface area contributed by atoms with E-state index in [9.17, 15) is 14.7 Å². The SMILES string of the molecule is COC(=O)C1=C(C)NC(C)=C(C(=O)OC)C1c1cc(I)c(O)c(I)c1. The minimum absolute atomic E-state index is 0.166. The lowest BCUT2D eigenvalue weighted by molar-refractivity contribution is -0.137. The molecular formula is C17H17I2NO5. The van der Waals surface area contributed by atoms with Crippen LogP contribution in [-0.4, -0.2) is 31.3 Å². The summed E-state index contributed by atoms with van der Waals surface area (Å²) < 4.78 is 11.1. The van der Waals surface area contributed by atoms with Gasteiger partial charge in [0.1, 0.15) is 5.75 Å². The fourth-order valence-corrected chi connectivity index (χ4v) is 4.66. The van der Waals surface area contributed by atoms with Crippen molar-refractivity contribution in [2.24, 2.45) is 0 Å². The maximum Gasteiger partial charge on any atom is 0.336 e. The number of carbonyl (C=O) groups excluding carboxylic acids is 2. The first kappa shape index (κ1) is 20.0. The Labute approximate surface area is 172 Å². The molecule has 1 aliphatic heterocycles. The molecule has 0 amide bonds. The number of methoxy groups -OCH3 is 2. The van der Waals surface area contributed by atoms with Crippen molar-refractivity contribution >= 4 is 57.1 Å². The van der Waals surface area contributed by atoms with E-state index in [1.165, 1.54) is 14.2 Å². The summed E-state index contributed by atoms with van der Waals surface area (Å²) in [5.41, 5.74) is 2.60. The van der Waals surface area contributed by atoms with E-state index in [4.69, 9.17) is 9.47 Å².